The number of benzene rings is 1. The highest BCUT2D eigenvalue weighted by atomic mass is 35.5. The minimum Gasteiger partial charge on any atom is -0.496 e. The van der Waals surface area contributed by atoms with Gasteiger partial charge in [0.15, 0.2) is 0 Å². The van der Waals surface area contributed by atoms with Crippen LogP contribution in [0.15, 0.2) is 17.3 Å². The molecule has 0 N–H and O–H groups in total. The van der Waals surface area contributed by atoms with Gasteiger partial charge in [-0.3, -0.25) is 0 Å². The number of hydrogen-bond acceptors (Lipinski definition) is 5. The molecule has 1 aromatic rings. The van der Waals surface area contributed by atoms with Gasteiger partial charge in [-0.05, 0) is 0 Å². The van der Waals surface area contributed by atoms with Gasteiger partial charge in [0.05, 0.1) is 38.5 Å². The highest BCUT2D eigenvalue weighted by Crippen LogP contribution is 2.36. The van der Waals surface area contributed by atoms with E-state index >= 15 is 0 Å². The summed E-state index contributed by atoms with van der Waals surface area (Å²) in [7, 11) is 4.77. The van der Waals surface area contributed by atoms with Crippen LogP contribution in [-0.4, -0.2) is 39.0 Å². The first-order valence-electron chi connectivity index (χ1n) is 5.82. The number of rotatable bonds is 5. The lowest BCUT2D eigenvalue weighted by Gasteiger charge is -2.14. The molecular weight excluding hydrogens is 270 g/mol. The van der Waals surface area contributed by atoms with Crippen LogP contribution in [0.1, 0.15) is 12.0 Å². The van der Waals surface area contributed by atoms with Gasteiger partial charge in [-0.15, -0.1) is 11.6 Å². The molecule has 1 aliphatic rings. The average Bonchev–Trinajstić information content (AvgIpc) is 2.94. The monoisotopic (exact) mass is 285 g/mol. The van der Waals surface area contributed by atoms with Gasteiger partial charge in [-0.2, -0.15) is 0 Å². The third-order valence-electron chi connectivity index (χ3n) is 2.91. The van der Waals surface area contributed by atoms with Gasteiger partial charge in [0.1, 0.15) is 23.4 Å². The molecule has 1 unspecified atom stereocenters. The summed E-state index contributed by atoms with van der Waals surface area (Å²) in [6.07, 6.45) is 0.524. The quantitative estimate of drug-likeness (QED) is 0.780. The van der Waals surface area contributed by atoms with Crippen molar-refractivity contribution < 1.29 is 19.0 Å². The lowest BCUT2D eigenvalue weighted by atomic mass is 10.0. The Morgan fingerprint density at radius 1 is 1.21 bits per heavy atom. The molecule has 0 aliphatic carbocycles. The standard InChI is InChI=1S/C13H16ClNO4/c1-16-8-5-11(17-2)13(12(6-8)18-3)10-4-9(7-14)19-15-10/h5-6,9H,4,7H2,1-3H3. The van der Waals surface area contributed by atoms with Crippen LogP contribution in [0.25, 0.3) is 0 Å². The van der Waals surface area contributed by atoms with Gasteiger partial charge >= 0.3 is 0 Å². The van der Waals surface area contributed by atoms with Gasteiger partial charge in [0, 0.05) is 18.6 Å². The van der Waals surface area contributed by atoms with Crippen LogP contribution in [0.5, 0.6) is 17.2 Å². The molecule has 0 saturated carbocycles. The third-order valence-corrected chi connectivity index (χ3v) is 3.25. The van der Waals surface area contributed by atoms with Gasteiger partial charge in [0.2, 0.25) is 0 Å². The van der Waals surface area contributed by atoms with Crippen molar-refractivity contribution in [1.82, 2.24) is 0 Å². The molecule has 0 aromatic heterocycles. The van der Waals surface area contributed by atoms with Gasteiger partial charge in [-0.1, -0.05) is 5.16 Å². The number of nitrogens with zero attached hydrogens (tertiary/aromatic N) is 1. The first-order chi connectivity index (χ1) is 9.23. The Labute approximate surface area is 117 Å². The predicted molar refractivity (Wildman–Crippen MR) is 72.8 cm³/mol. The molecule has 1 aromatic carbocycles. The van der Waals surface area contributed by atoms with Gasteiger partial charge < -0.3 is 19.0 Å². The van der Waals surface area contributed by atoms with E-state index in [1.165, 1.54) is 0 Å². The summed E-state index contributed by atoms with van der Waals surface area (Å²) in [5.41, 5.74) is 1.54. The average molecular weight is 286 g/mol. The molecule has 1 atom stereocenters. The molecule has 0 saturated heterocycles. The number of ether oxygens (including phenoxy) is 3. The zero-order valence-electron chi connectivity index (χ0n) is 11.1. The van der Waals surface area contributed by atoms with Crippen molar-refractivity contribution in [3.8, 4) is 17.2 Å². The fourth-order valence-electron chi connectivity index (χ4n) is 1.95. The van der Waals surface area contributed by atoms with E-state index in [2.05, 4.69) is 5.16 Å². The smallest absolute Gasteiger partial charge is 0.146 e. The van der Waals surface area contributed by atoms with Crippen LogP contribution in [0.2, 0.25) is 0 Å². The largest absolute Gasteiger partial charge is 0.496 e. The first kappa shape index (κ1) is 13.8. The van der Waals surface area contributed by atoms with Gasteiger partial charge in [-0.25, -0.2) is 0 Å². The van der Waals surface area contributed by atoms with Crippen LogP contribution < -0.4 is 14.2 Å². The SMILES string of the molecule is COc1cc(OC)c(C2=NOC(CCl)C2)c(OC)c1. The summed E-state index contributed by atoms with van der Waals surface area (Å²) in [5, 5.41) is 4.06. The molecule has 0 bridgehead atoms. The molecule has 1 heterocycles. The summed E-state index contributed by atoms with van der Waals surface area (Å²) in [6, 6.07) is 3.57. The van der Waals surface area contributed by atoms with Crippen molar-refractivity contribution in [2.24, 2.45) is 5.16 Å². The molecule has 5 nitrogen and oxygen atoms in total. The summed E-state index contributed by atoms with van der Waals surface area (Å²) < 4.78 is 16.0. The summed E-state index contributed by atoms with van der Waals surface area (Å²) in [5.74, 6) is 2.32. The van der Waals surface area contributed by atoms with E-state index in [1.807, 2.05) is 0 Å². The number of halogens is 1. The van der Waals surface area contributed by atoms with Crippen LogP contribution in [-0.2, 0) is 4.84 Å². The molecule has 0 radical (unpaired) electrons. The highest BCUT2D eigenvalue weighted by Gasteiger charge is 2.27. The maximum Gasteiger partial charge on any atom is 0.146 e. The van der Waals surface area contributed by atoms with E-state index in [-0.39, 0.29) is 6.10 Å². The fourth-order valence-corrected chi connectivity index (χ4v) is 2.11. The van der Waals surface area contributed by atoms with E-state index in [4.69, 9.17) is 30.6 Å². The van der Waals surface area contributed by atoms with Crippen LogP contribution >= 0.6 is 11.6 Å². The minimum atomic E-state index is -0.104. The Hall–Kier alpha value is -1.62. The maximum atomic E-state index is 5.77. The molecule has 2 rings (SSSR count). The van der Waals surface area contributed by atoms with Crippen molar-refractivity contribution in [2.45, 2.75) is 12.5 Å². The van der Waals surface area contributed by atoms with E-state index in [0.29, 0.717) is 29.5 Å². The molecule has 0 spiro atoms. The molecule has 1 aliphatic heterocycles. The van der Waals surface area contributed by atoms with E-state index in [1.54, 1.807) is 33.5 Å². The fraction of sp³-hybridized carbons (Fsp3) is 0.462. The second-order valence-corrected chi connectivity index (χ2v) is 4.34. The summed E-state index contributed by atoms with van der Waals surface area (Å²) >= 11 is 5.77. The van der Waals surface area contributed by atoms with E-state index in [9.17, 15) is 0 Å². The molecular formula is C13H16ClNO4. The topological polar surface area (TPSA) is 49.3 Å². The highest BCUT2D eigenvalue weighted by molar-refractivity contribution is 6.18. The van der Waals surface area contributed by atoms with Crippen molar-refractivity contribution >= 4 is 17.3 Å². The number of alkyl halides is 1. The number of oxime groups is 1. The minimum absolute atomic E-state index is 0.104. The molecule has 104 valence electrons. The molecule has 6 heteroatoms. The third kappa shape index (κ3) is 2.71. The number of hydrogen-bond donors (Lipinski definition) is 0. The lowest BCUT2D eigenvalue weighted by Crippen LogP contribution is -2.11. The summed E-state index contributed by atoms with van der Waals surface area (Å²) in [4.78, 5) is 5.24. The van der Waals surface area contributed by atoms with Crippen LogP contribution in [0.3, 0.4) is 0 Å². The van der Waals surface area contributed by atoms with Crippen molar-refractivity contribution in [3.63, 3.8) is 0 Å². The molecule has 0 fully saturated rings. The second-order valence-electron chi connectivity index (χ2n) is 4.03. The predicted octanol–water partition coefficient (Wildman–Crippen LogP) is 2.44. The first-order valence-corrected chi connectivity index (χ1v) is 6.36. The van der Waals surface area contributed by atoms with Crippen molar-refractivity contribution in [3.05, 3.63) is 17.7 Å². The Morgan fingerprint density at radius 3 is 2.26 bits per heavy atom. The van der Waals surface area contributed by atoms with Crippen LogP contribution in [0, 0.1) is 0 Å². The number of methoxy groups -OCH3 is 3. The maximum absolute atomic E-state index is 5.77. The zero-order valence-corrected chi connectivity index (χ0v) is 11.9. The Bertz CT molecular complexity index is 465. The van der Waals surface area contributed by atoms with E-state index < -0.39 is 0 Å². The summed E-state index contributed by atoms with van der Waals surface area (Å²) in [6.45, 7) is 0. The Morgan fingerprint density at radius 2 is 1.84 bits per heavy atom. The Balaban J connectivity index is 2.43. The van der Waals surface area contributed by atoms with Crippen molar-refractivity contribution in [1.29, 1.82) is 0 Å². The Kier molecular flexibility index (Phi) is 4.37. The molecule has 0 amide bonds. The zero-order chi connectivity index (χ0) is 13.8. The normalized spacial score (nSPS) is 17.7. The molecule has 19 heavy (non-hydrogen) atoms. The second kappa shape index (κ2) is 6.02. The van der Waals surface area contributed by atoms with E-state index in [0.717, 1.165) is 11.3 Å². The van der Waals surface area contributed by atoms with Gasteiger partial charge in [0.25, 0.3) is 0 Å². The lowest BCUT2D eigenvalue weighted by molar-refractivity contribution is 0.102. The van der Waals surface area contributed by atoms with Crippen LogP contribution in [0.4, 0.5) is 0 Å². The van der Waals surface area contributed by atoms with Crippen molar-refractivity contribution in [2.75, 3.05) is 27.2 Å².